The smallest absolute Gasteiger partial charge is 0.220 e. The van der Waals surface area contributed by atoms with E-state index in [1.165, 1.54) is 199 Å². The van der Waals surface area contributed by atoms with Crippen molar-refractivity contribution in [2.24, 2.45) is 0 Å². The number of ether oxygens (including phenoxy) is 4. The van der Waals surface area contributed by atoms with Gasteiger partial charge in [-0.2, -0.15) is 0 Å². The lowest BCUT2D eigenvalue weighted by molar-refractivity contribution is -0.359. The molecule has 2 heterocycles. The lowest BCUT2D eigenvalue weighted by Crippen LogP contribution is -2.65. The summed E-state index contributed by atoms with van der Waals surface area (Å²) in [7, 11) is 0. The summed E-state index contributed by atoms with van der Waals surface area (Å²) in [6, 6.07) is -0.927. The fraction of sp³-hybridized carbons (Fsp3) is 0.918. The number of hydrogen-bond acceptors (Lipinski definition) is 13. The molecule has 9 N–H and O–H groups in total. The molecule has 2 aliphatic heterocycles. The molecule has 0 aromatic heterocycles. The average molecular weight is 1070 g/mol. The van der Waals surface area contributed by atoms with Crippen molar-refractivity contribution < 1.29 is 64.6 Å². The highest BCUT2D eigenvalue weighted by Crippen LogP contribution is 2.30. The SMILES string of the molecule is CCCCCCCCCCCCC/C=C/CC/C=C/C(O)C(COC1OC(CO)C(OC2OC(CO)C(O)C(O)C2O)C(O)C1O)NC(=O)CCCCCCCCCCCCCCCCCCCCCCCCCC. The number of allylic oxidation sites excluding steroid dienone is 3. The van der Waals surface area contributed by atoms with Crippen molar-refractivity contribution in [2.75, 3.05) is 19.8 Å². The lowest BCUT2D eigenvalue weighted by Gasteiger charge is -2.46. The molecule has 2 saturated heterocycles. The Morgan fingerprint density at radius 3 is 1.31 bits per heavy atom. The molecular weight excluding hydrogens is 955 g/mol. The average Bonchev–Trinajstić information content (AvgIpc) is 3.41. The van der Waals surface area contributed by atoms with E-state index in [1.54, 1.807) is 6.08 Å². The standard InChI is InChI=1S/C61H115NO13/c1-3-5-7-9-11-13-15-17-19-21-22-23-24-25-26-27-29-31-33-35-37-39-41-43-45-53(66)62-49(50(65)44-42-40-38-36-34-32-30-28-20-18-16-14-12-10-8-6-4-2)48-72-60-58(71)56(69)59(52(47-64)74-60)75-61-57(70)55(68)54(67)51(46-63)73-61/h34,36,42,44,49-52,54-61,63-65,67-71H,3-33,35,37-41,43,45-48H2,1-2H3,(H,62,66)/b36-34+,44-42+. The van der Waals surface area contributed by atoms with Gasteiger partial charge in [-0.3, -0.25) is 4.79 Å². The molecule has 2 rings (SSSR count). The van der Waals surface area contributed by atoms with Crippen molar-refractivity contribution in [3.05, 3.63) is 24.3 Å². The Hall–Kier alpha value is -1.53. The van der Waals surface area contributed by atoms with Crippen LogP contribution in [0.25, 0.3) is 0 Å². The number of aliphatic hydroxyl groups excluding tert-OH is 8. The number of amides is 1. The summed E-state index contributed by atoms with van der Waals surface area (Å²) < 4.78 is 22.8. The van der Waals surface area contributed by atoms with Crippen molar-refractivity contribution in [1.29, 1.82) is 0 Å². The third-order valence-electron chi connectivity index (χ3n) is 15.4. The molecular formula is C61H115NO13. The van der Waals surface area contributed by atoms with E-state index in [0.717, 1.165) is 32.1 Å². The second kappa shape index (κ2) is 47.3. The summed E-state index contributed by atoms with van der Waals surface area (Å²) in [5.74, 6) is -0.244. The Morgan fingerprint density at radius 2 is 0.853 bits per heavy atom. The highest BCUT2D eigenvalue weighted by atomic mass is 16.7. The first-order valence-electron chi connectivity index (χ1n) is 31.1. The number of aliphatic hydroxyl groups is 8. The summed E-state index contributed by atoms with van der Waals surface area (Å²) in [4.78, 5) is 13.3. The van der Waals surface area contributed by atoms with Crippen molar-refractivity contribution >= 4 is 5.91 Å². The van der Waals surface area contributed by atoms with Gasteiger partial charge in [0.1, 0.15) is 48.8 Å². The van der Waals surface area contributed by atoms with E-state index in [2.05, 4.69) is 31.3 Å². The highest BCUT2D eigenvalue weighted by molar-refractivity contribution is 5.76. The fourth-order valence-corrected chi connectivity index (χ4v) is 10.4. The fourth-order valence-electron chi connectivity index (χ4n) is 10.4. The number of carbonyl (C=O) groups is 1. The van der Waals surface area contributed by atoms with Gasteiger partial charge in [-0.25, -0.2) is 0 Å². The lowest BCUT2D eigenvalue weighted by atomic mass is 9.97. The summed E-state index contributed by atoms with van der Waals surface area (Å²) in [5.41, 5.74) is 0. The van der Waals surface area contributed by atoms with Gasteiger partial charge >= 0.3 is 0 Å². The maximum absolute atomic E-state index is 13.3. The molecule has 0 aliphatic carbocycles. The largest absolute Gasteiger partial charge is 0.394 e. The molecule has 2 fully saturated rings. The van der Waals surface area contributed by atoms with Gasteiger partial charge in [0.25, 0.3) is 0 Å². The number of carbonyl (C=O) groups excluding carboxylic acids is 1. The number of nitrogens with one attached hydrogen (secondary N) is 1. The van der Waals surface area contributed by atoms with Crippen LogP contribution >= 0.6 is 0 Å². The van der Waals surface area contributed by atoms with E-state index in [0.29, 0.717) is 12.8 Å². The van der Waals surface area contributed by atoms with Crippen LogP contribution in [0.5, 0.6) is 0 Å². The van der Waals surface area contributed by atoms with Crippen LogP contribution in [0.4, 0.5) is 0 Å². The van der Waals surface area contributed by atoms with Gasteiger partial charge in [0.2, 0.25) is 5.91 Å². The van der Waals surface area contributed by atoms with Gasteiger partial charge in [-0.15, -0.1) is 0 Å². The van der Waals surface area contributed by atoms with E-state index in [1.807, 2.05) is 6.08 Å². The third-order valence-corrected chi connectivity index (χ3v) is 15.4. The summed E-state index contributed by atoms with van der Waals surface area (Å²) in [6.07, 6.45) is 39.4. The van der Waals surface area contributed by atoms with Crippen LogP contribution in [0.15, 0.2) is 24.3 Å². The Bertz CT molecular complexity index is 1350. The maximum atomic E-state index is 13.3. The molecule has 2 aliphatic rings. The van der Waals surface area contributed by atoms with Crippen LogP contribution in [0.1, 0.15) is 264 Å². The van der Waals surface area contributed by atoms with Gasteiger partial charge in [0.15, 0.2) is 12.6 Å². The first-order valence-corrected chi connectivity index (χ1v) is 31.1. The minimum atomic E-state index is -1.79. The zero-order valence-electron chi connectivity index (χ0n) is 47.6. The van der Waals surface area contributed by atoms with Crippen LogP contribution < -0.4 is 5.32 Å². The minimum absolute atomic E-state index is 0.244. The van der Waals surface area contributed by atoms with Crippen LogP contribution in [0.3, 0.4) is 0 Å². The van der Waals surface area contributed by atoms with Crippen molar-refractivity contribution in [3.8, 4) is 0 Å². The van der Waals surface area contributed by atoms with E-state index >= 15 is 0 Å². The quantitative estimate of drug-likeness (QED) is 0.0204. The number of unbranched alkanes of at least 4 members (excludes halogenated alkanes) is 35. The van der Waals surface area contributed by atoms with Crippen LogP contribution in [-0.4, -0.2) is 140 Å². The van der Waals surface area contributed by atoms with Crippen molar-refractivity contribution in [2.45, 2.75) is 338 Å². The summed E-state index contributed by atoms with van der Waals surface area (Å²) in [6.45, 7) is 2.81. The predicted molar refractivity (Wildman–Crippen MR) is 300 cm³/mol. The van der Waals surface area contributed by atoms with Gasteiger partial charge in [0.05, 0.1) is 32.0 Å². The number of rotatable bonds is 50. The van der Waals surface area contributed by atoms with Gasteiger partial charge in [0, 0.05) is 6.42 Å². The molecule has 442 valence electrons. The first-order chi connectivity index (χ1) is 36.6. The summed E-state index contributed by atoms with van der Waals surface area (Å²) in [5, 5.41) is 87.1. The van der Waals surface area contributed by atoms with Crippen molar-refractivity contribution in [1.82, 2.24) is 5.32 Å². The Labute approximate surface area is 456 Å². The monoisotopic (exact) mass is 1070 g/mol. The molecule has 14 heteroatoms. The molecule has 12 atom stereocenters. The normalized spacial score (nSPS) is 25.1. The molecule has 0 saturated carbocycles. The van der Waals surface area contributed by atoms with E-state index in [-0.39, 0.29) is 18.9 Å². The molecule has 0 aromatic rings. The zero-order chi connectivity index (χ0) is 54.6. The molecule has 0 spiro atoms. The molecule has 14 nitrogen and oxygen atoms in total. The topological polar surface area (TPSA) is 228 Å². The van der Waals surface area contributed by atoms with Crippen LogP contribution in [0.2, 0.25) is 0 Å². The molecule has 0 aromatic carbocycles. The minimum Gasteiger partial charge on any atom is -0.394 e. The molecule has 0 bridgehead atoms. The second-order valence-electron chi connectivity index (χ2n) is 22.2. The van der Waals surface area contributed by atoms with Crippen LogP contribution in [-0.2, 0) is 23.7 Å². The number of hydrogen-bond donors (Lipinski definition) is 9. The predicted octanol–water partition coefficient (Wildman–Crippen LogP) is 10.8. The van der Waals surface area contributed by atoms with Gasteiger partial charge in [-0.1, -0.05) is 250 Å². The van der Waals surface area contributed by atoms with E-state index in [4.69, 9.17) is 18.9 Å². The summed E-state index contributed by atoms with van der Waals surface area (Å²) >= 11 is 0. The zero-order valence-corrected chi connectivity index (χ0v) is 47.6. The maximum Gasteiger partial charge on any atom is 0.220 e. The van der Waals surface area contributed by atoms with Gasteiger partial charge in [-0.05, 0) is 32.1 Å². The second-order valence-corrected chi connectivity index (χ2v) is 22.2. The molecule has 1 amide bonds. The van der Waals surface area contributed by atoms with Crippen LogP contribution in [0, 0.1) is 0 Å². The first kappa shape index (κ1) is 69.6. The van der Waals surface area contributed by atoms with Crippen molar-refractivity contribution in [3.63, 3.8) is 0 Å². The Balaban J connectivity index is 1.74. The molecule has 0 radical (unpaired) electrons. The highest BCUT2D eigenvalue weighted by Gasteiger charge is 2.51. The Kier molecular flexibility index (Phi) is 43.9. The van der Waals surface area contributed by atoms with E-state index < -0.39 is 86.8 Å². The van der Waals surface area contributed by atoms with Gasteiger partial charge < -0.3 is 65.1 Å². The van der Waals surface area contributed by atoms with E-state index in [9.17, 15) is 45.6 Å². The molecule has 12 unspecified atom stereocenters. The molecule has 75 heavy (non-hydrogen) atoms. The Morgan fingerprint density at radius 1 is 0.467 bits per heavy atom. The third kappa shape index (κ3) is 33.0.